The highest BCUT2D eigenvalue weighted by Crippen LogP contribution is 2.21. The van der Waals surface area contributed by atoms with Crippen molar-refractivity contribution in [2.45, 2.75) is 26.8 Å². The van der Waals surface area contributed by atoms with Crippen LogP contribution >= 0.6 is 0 Å². The lowest BCUT2D eigenvalue weighted by Crippen LogP contribution is -2.47. The molecular weight excluding hydrogens is 263 g/mol. The molecule has 0 spiro atoms. The SMILES string of the molecule is COc1cc(F)cc(NC(=O)N[C@H](CO)C(C)(C)C)c1. The molecule has 5 nitrogen and oxygen atoms in total. The van der Waals surface area contributed by atoms with Crippen LogP contribution in [0.3, 0.4) is 0 Å². The minimum Gasteiger partial charge on any atom is -0.497 e. The minimum absolute atomic E-state index is 0.177. The number of methoxy groups -OCH3 is 1. The van der Waals surface area contributed by atoms with Gasteiger partial charge in [0.05, 0.1) is 19.8 Å². The number of nitrogens with one attached hydrogen (secondary N) is 2. The van der Waals surface area contributed by atoms with Crippen LogP contribution in [-0.4, -0.2) is 30.9 Å². The van der Waals surface area contributed by atoms with E-state index in [9.17, 15) is 14.3 Å². The summed E-state index contributed by atoms with van der Waals surface area (Å²) in [5.41, 5.74) is -0.00363. The third kappa shape index (κ3) is 4.70. The summed E-state index contributed by atoms with van der Waals surface area (Å²) in [6.45, 7) is 5.53. The van der Waals surface area contributed by atoms with Gasteiger partial charge in [0, 0.05) is 17.8 Å². The lowest BCUT2D eigenvalue weighted by molar-refractivity contribution is 0.162. The van der Waals surface area contributed by atoms with Gasteiger partial charge in [-0.3, -0.25) is 0 Å². The molecule has 3 N–H and O–H groups in total. The van der Waals surface area contributed by atoms with E-state index in [-0.39, 0.29) is 17.7 Å². The van der Waals surface area contributed by atoms with Gasteiger partial charge in [0.2, 0.25) is 0 Å². The zero-order valence-corrected chi connectivity index (χ0v) is 12.2. The maximum atomic E-state index is 13.3. The molecule has 0 aliphatic carbocycles. The van der Waals surface area contributed by atoms with Crippen molar-refractivity contribution in [3.8, 4) is 5.75 Å². The van der Waals surface area contributed by atoms with E-state index in [2.05, 4.69) is 10.6 Å². The van der Waals surface area contributed by atoms with E-state index in [4.69, 9.17) is 4.74 Å². The number of carbonyl (C=O) groups excluding carboxylic acids is 1. The predicted octanol–water partition coefficient (Wildman–Crippen LogP) is 2.36. The summed E-state index contributed by atoms with van der Waals surface area (Å²) in [5, 5.41) is 14.4. The van der Waals surface area contributed by atoms with Crippen molar-refractivity contribution >= 4 is 11.7 Å². The summed E-state index contributed by atoms with van der Waals surface area (Å²) in [6, 6.07) is 3.00. The highest BCUT2D eigenvalue weighted by atomic mass is 19.1. The van der Waals surface area contributed by atoms with Gasteiger partial charge in [-0.1, -0.05) is 20.8 Å². The zero-order valence-electron chi connectivity index (χ0n) is 12.2. The number of amides is 2. The molecule has 6 heteroatoms. The number of anilines is 1. The fourth-order valence-electron chi connectivity index (χ4n) is 1.61. The summed E-state index contributed by atoms with van der Waals surface area (Å²) in [4.78, 5) is 11.8. The van der Waals surface area contributed by atoms with E-state index >= 15 is 0 Å². The highest BCUT2D eigenvalue weighted by molar-refractivity contribution is 5.89. The molecule has 0 fully saturated rings. The standard InChI is InChI=1S/C14H21FN2O3/c1-14(2,3)12(8-18)17-13(19)16-10-5-9(15)6-11(7-10)20-4/h5-7,12,18H,8H2,1-4H3,(H2,16,17,19)/t12-/m1/s1. The number of rotatable bonds is 4. The molecule has 20 heavy (non-hydrogen) atoms. The Morgan fingerprint density at radius 1 is 1.40 bits per heavy atom. The Balaban J connectivity index is 2.73. The third-order valence-corrected chi connectivity index (χ3v) is 2.90. The average Bonchev–Trinajstić information content (AvgIpc) is 2.33. The molecule has 0 aliphatic heterocycles. The predicted molar refractivity (Wildman–Crippen MR) is 75.4 cm³/mol. The van der Waals surface area contributed by atoms with Gasteiger partial charge in [0.25, 0.3) is 0 Å². The Labute approximate surface area is 118 Å². The monoisotopic (exact) mass is 284 g/mol. The average molecular weight is 284 g/mol. The summed E-state index contributed by atoms with van der Waals surface area (Å²) in [7, 11) is 1.42. The molecule has 0 aromatic heterocycles. The van der Waals surface area contributed by atoms with Crippen LogP contribution in [0, 0.1) is 11.2 Å². The van der Waals surface area contributed by atoms with E-state index in [1.165, 1.54) is 25.3 Å². The number of benzene rings is 1. The second kappa shape index (κ2) is 6.56. The van der Waals surface area contributed by atoms with E-state index < -0.39 is 17.9 Å². The maximum absolute atomic E-state index is 13.3. The molecule has 0 unspecified atom stereocenters. The summed E-state index contributed by atoms with van der Waals surface area (Å²) in [6.07, 6.45) is 0. The second-order valence-corrected chi connectivity index (χ2v) is 5.58. The Hall–Kier alpha value is -1.82. The van der Waals surface area contributed by atoms with E-state index in [1.807, 2.05) is 20.8 Å². The topological polar surface area (TPSA) is 70.6 Å². The lowest BCUT2D eigenvalue weighted by atomic mass is 9.87. The molecule has 112 valence electrons. The molecule has 0 aliphatic rings. The summed E-state index contributed by atoms with van der Waals surface area (Å²) >= 11 is 0. The fourth-order valence-corrected chi connectivity index (χ4v) is 1.61. The highest BCUT2D eigenvalue weighted by Gasteiger charge is 2.25. The molecule has 2 amide bonds. The van der Waals surface area contributed by atoms with E-state index in [0.29, 0.717) is 5.75 Å². The summed E-state index contributed by atoms with van der Waals surface area (Å²) in [5.74, 6) is -0.191. The molecule has 0 radical (unpaired) electrons. The van der Waals surface area contributed by atoms with Gasteiger partial charge in [-0.05, 0) is 11.5 Å². The van der Waals surface area contributed by atoms with Crippen molar-refractivity contribution in [3.63, 3.8) is 0 Å². The van der Waals surface area contributed by atoms with Gasteiger partial charge in [0.15, 0.2) is 0 Å². The normalized spacial score (nSPS) is 12.7. The zero-order chi connectivity index (χ0) is 15.3. The first-order valence-corrected chi connectivity index (χ1v) is 6.29. The van der Waals surface area contributed by atoms with Crippen molar-refractivity contribution < 1.29 is 19.0 Å². The van der Waals surface area contributed by atoms with Gasteiger partial charge in [-0.15, -0.1) is 0 Å². The molecule has 0 saturated carbocycles. The molecule has 0 saturated heterocycles. The molecule has 1 rings (SSSR count). The van der Waals surface area contributed by atoms with Crippen LogP contribution in [0.4, 0.5) is 14.9 Å². The molecule has 1 aromatic rings. The minimum atomic E-state index is -0.508. The van der Waals surface area contributed by atoms with Crippen molar-refractivity contribution in [2.75, 3.05) is 19.0 Å². The number of hydrogen-bond acceptors (Lipinski definition) is 3. The van der Waals surface area contributed by atoms with Crippen LogP contribution in [0.1, 0.15) is 20.8 Å². The van der Waals surface area contributed by atoms with Crippen LogP contribution in [0.15, 0.2) is 18.2 Å². The fraction of sp³-hybridized carbons (Fsp3) is 0.500. The number of aliphatic hydroxyl groups excluding tert-OH is 1. The quantitative estimate of drug-likeness (QED) is 0.795. The van der Waals surface area contributed by atoms with E-state index in [1.54, 1.807) is 0 Å². The molecule has 1 atom stereocenters. The van der Waals surface area contributed by atoms with Crippen molar-refractivity contribution in [1.29, 1.82) is 0 Å². The first-order chi connectivity index (χ1) is 9.26. The van der Waals surface area contributed by atoms with Gasteiger partial charge in [0.1, 0.15) is 11.6 Å². The Kier molecular flexibility index (Phi) is 5.33. The number of aliphatic hydroxyl groups is 1. The smallest absolute Gasteiger partial charge is 0.319 e. The maximum Gasteiger partial charge on any atom is 0.319 e. The number of hydrogen-bond donors (Lipinski definition) is 3. The molecule has 0 heterocycles. The van der Waals surface area contributed by atoms with E-state index in [0.717, 1.165) is 0 Å². The van der Waals surface area contributed by atoms with Crippen molar-refractivity contribution in [2.24, 2.45) is 5.41 Å². The number of halogens is 1. The first kappa shape index (κ1) is 16.2. The van der Waals surface area contributed by atoms with Crippen LogP contribution in [0.2, 0.25) is 0 Å². The first-order valence-electron chi connectivity index (χ1n) is 6.29. The Morgan fingerprint density at radius 3 is 2.55 bits per heavy atom. The van der Waals surface area contributed by atoms with Crippen LogP contribution in [-0.2, 0) is 0 Å². The van der Waals surface area contributed by atoms with Crippen molar-refractivity contribution in [1.82, 2.24) is 5.32 Å². The number of carbonyl (C=O) groups is 1. The molecular formula is C14H21FN2O3. The third-order valence-electron chi connectivity index (χ3n) is 2.90. The van der Waals surface area contributed by atoms with Crippen LogP contribution < -0.4 is 15.4 Å². The molecule has 0 bridgehead atoms. The van der Waals surface area contributed by atoms with Crippen LogP contribution in [0.25, 0.3) is 0 Å². The van der Waals surface area contributed by atoms with Gasteiger partial charge in [-0.2, -0.15) is 0 Å². The van der Waals surface area contributed by atoms with Gasteiger partial charge >= 0.3 is 6.03 Å². The Morgan fingerprint density at radius 2 is 2.05 bits per heavy atom. The number of urea groups is 1. The molecule has 1 aromatic carbocycles. The van der Waals surface area contributed by atoms with Gasteiger partial charge < -0.3 is 20.5 Å². The lowest BCUT2D eigenvalue weighted by Gasteiger charge is -2.29. The van der Waals surface area contributed by atoms with Crippen LogP contribution in [0.5, 0.6) is 5.75 Å². The van der Waals surface area contributed by atoms with Crippen molar-refractivity contribution in [3.05, 3.63) is 24.0 Å². The Bertz CT molecular complexity index is 472. The largest absolute Gasteiger partial charge is 0.497 e. The summed E-state index contributed by atoms with van der Waals surface area (Å²) < 4.78 is 18.2. The second-order valence-electron chi connectivity index (χ2n) is 5.58. The number of ether oxygens (including phenoxy) is 1. The van der Waals surface area contributed by atoms with Gasteiger partial charge in [-0.25, -0.2) is 9.18 Å².